The number of amides is 1. The summed E-state index contributed by atoms with van der Waals surface area (Å²) in [5, 5.41) is 12.0. The molecule has 1 aromatic heterocycles. The summed E-state index contributed by atoms with van der Waals surface area (Å²) in [7, 11) is 0. The summed E-state index contributed by atoms with van der Waals surface area (Å²) in [6, 6.07) is 12.5. The van der Waals surface area contributed by atoms with E-state index in [1.807, 2.05) is 37.3 Å². The molecule has 0 spiro atoms. The van der Waals surface area contributed by atoms with Gasteiger partial charge in [0, 0.05) is 0 Å². The molecule has 0 radical (unpaired) electrons. The zero-order valence-corrected chi connectivity index (χ0v) is 12.2. The van der Waals surface area contributed by atoms with E-state index in [-0.39, 0.29) is 23.5 Å². The average molecular weight is 305 g/mol. The minimum atomic E-state index is -1.12. The maximum Gasteiger partial charge on any atom is 0.371 e. The van der Waals surface area contributed by atoms with Gasteiger partial charge in [0.2, 0.25) is 11.7 Å². The number of benzene rings is 1. The highest BCUT2D eigenvalue weighted by Gasteiger charge is 2.12. The van der Waals surface area contributed by atoms with Gasteiger partial charge in [-0.15, -0.1) is 0 Å². The molecule has 2 aromatic rings. The fraction of sp³-hybridized carbons (Fsp3) is 0.200. The molecule has 6 heteroatoms. The first-order chi connectivity index (χ1) is 10.1. The molecule has 0 aliphatic rings. The van der Waals surface area contributed by atoms with Gasteiger partial charge in [0.25, 0.3) is 0 Å². The van der Waals surface area contributed by atoms with Crippen LogP contribution in [0.5, 0.6) is 0 Å². The second-order valence-corrected chi connectivity index (χ2v) is 5.39. The molecule has 0 aliphatic carbocycles. The first kappa shape index (κ1) is 15.2. The van der Waals surface area contributed by atoms with Crippen LogP contribution >= 0.6 is 11.8 Å². The van der Waals surface area contributed by atoms with E-state index in [1.165, 1.54) is 6.07 Å². The van der Waals surface area contributed by atoms with E-state index >= 15 is 0 Å². The summed E-state index contributed by atoms with van der Waals surface area (Å²) in [5.41, 5.74) is 1.03. The van der Waals surface area contributed by atoms with Gasteiger partial charge in [0.1, 0.15) is 0 Å². The summed E-state index contributed by atoms with van der Waals surface area (Å²) in [6.07, 6.45) is 0. The zero-order chi connectivity index (χ0) is 15.2. The highest BCUT2D eigenvalue weighted by atomic mass is 32.2. The number of aromatic carboxylic acids is 1. The lowest BCUT2D eigenvalue weighted by Gasteiger charge is -2.13. The Labute approximate surface area is 126 Å². The number of nitrogens with one attached hydrogen (secondary N) is 1. The van der Waals surface area contributed by atoms with Crippen LogP contribution in [0.4, 0.5) is 0 Å². The number of carboxylic acid groups (broad SMARTS) is 1. The number of thioether (sulfide) groups is 1. The normalized spacial score (nSPS) is 11.9. The van der Waals surface area contributed by atoms with Crippen LogP contribution in [0.3, 0.4) is 0 Å². The van der Waals surface area contributed by atoms with Crippen LogP contribution in [-0.2, 0) is 4.79 Å². The fourth-order valence-corrected chi connectivity index (χ4v) is 2.43. The number of carbonyl (C=O) groups is 2. The summed E-state index contributed by atoms with van der Waals surface area (Å²) < 4.78 is 5.07. The predicted octanol–water partition coefficient (Wildman–Crippen LogP) is 2.95. The van der Waals surface area contributed by atoms with Crippen molar-refractivity contribution in [1.82, 2.24) is 5.32 Å². The first-order valence-corrected chi connectivity index (χ1v) is 7.35. The molecule has 1 atom stereocenters. The van der Waals surface area contributed by atoms with Crippen molar-refractivity contribution in [1.29, 1.82) is 0 Å². The van der Waals surface area contributed by atoms with Crippen molar-refractivity contribution in [3.8, 4) is 0 Å². The van der Waals surface area contributed by atoms with Crippen molar-refractivity contribution in [2.75, 3.05) is 5.75 Å². The lowest BCUT2D eigenvalue weighted by molar-refractivity contribution is -0.119. The molecule has 1 heterocycles. The molecule has 21 heavy (non-hydrogen) atoms. The van der Waals surface area contributed by atoms with E-state index in [2.05, 4.69) is 5.32 Å². The maximum absolute atomic E-state index is 11.9. The molecule has 1 unspecified atom stereocenters. The van der Waals surface area contributed by atoms with Gasteiger partial charge in [-0.05, 0) is 24.6 Å². The van der Waals surface area contributed by atoms with Gasteiger partial charge >= 0.3 is 5.97 Å². The number of hydrogen-bond acceptors (Lipinski definition) is 4. The fourth-order valence-electron chi connectivity index (χ4n) is 1.76. The number of hydrogen-bond donors (Lipinski definition) is 2. The Morgan fingerprint density at radius 3 is 2.57 bits per heavy atom. The van der Waals surface area contributed by atoms with Crippen LogP contribution < -0.4 is 5.32 Å². The SMILES string of the molecule is CC(NC(=O)CSc1ccc(C(=O)O)o1)c1ccccc1. The molecule has 0 fully saturated rings. The van der Waals surface area contributed by atoms with E-state index in [1.54, 1.807) is 6.07 Å². The molecule has 5 nitrogen and oxygen atoms in total. The Balaban J connectivity index is 1.83. The van der Waals surface area contributed by atoms with Gasteiger partial charge in [-0.3, -0.25) is 4.79 Å². The van der Waals surface area contributed by atoms with Gasteiger partial charge in [0.15, 0.2) is 5.09 Å². The van der Waals surface area contributed by atoms with Crippen LogP contribution in [0.15, 0.2) is 52.0 Å². The maximum atomic E-state index is 11.9. The second-order valence-electron chi connectivity index (χ2n) is 4.41. The third kappa shape index (κ3) is 4.39. The molecule has 110 valence electrons. The largest absolute Gasteiger partial charge is 0.475 e. The van der Waals surface area contributed by atoms with Gasteiger partial charge in [-0.1, -0.05) is 42.1 Å². The summed E-state index contributed by atoms with van der Waals surface area (Å²) in [4.78, 5) is 22.5. The molecule has 0 aliphatic heterocycles. The standard InChI is InChI=1S/C15H15NO4S/c1-10(11-5-3-2-4-6-11)16-13(17)9-21-14-8-7-12(20-14)15(18)19/h2-8,10H,9H2,1H3,(H,16,17)(H,18,19). The molecule has 0 saturated carbocycles. The Kier molecular flexibility index (Phi) is 5.05. The highest BCUT2D eigenvalue weighted by molar-refractivity contribution is 7.99. The number of furan rings is 1. The molecule has 1 aromatic carbocycles. The van der Waals surface area contributed by atoms with E-state index in [4.69, 9.17) is 9.52 Å². The number of rotatable bonds is 6. The van der Waals surface area contributed by atoms with Crippen LogP contribution in [0.25, 0.3) is 0 Å². The number of carboxylic acids is 1. The third-order valence-electron chi connectivity index (χ3n) is 2.81. The van der Waals surface area contributed by atoms with E-state index in [0.29, 0.717) is 5.09 Å². The summed E-state index contributed by atoms with van der Waals surface area (Å²) in [5.74, 6) is -1.21. The van der Waals surface area contributed by atoms with Gasteiger partial charge in [0.05, 0.1) is 11.8 Å². The van der Waals surface area contributed by atoms with Gasteiger partial charge in [-0.25, -0.2) is 4.79 Å². The Hall–Kier alpha value is -2.21. The minimum absolute atomic E-state index is 0.0783. The van der Waals surface area contributed by atoms with Crippen molar-refractivity contribution in [2.45, 2.75) is 18.1 Å². The summed E-state index contributed by atoms with van der Waals surface area (Å²) in [6.45, 7) is 1.91. The van der Waals surface area contributed by atoms with E-state index < -0.39 is 5.97 Å². The van der Waals surface area contributed by atoms with E-state index in [9.17, 15) is 9.59 Å². The Morgan fingerprint density at radius 1 is 1.24 bits per heavy atom. The van der Waals surface area contributed by atoms with E-state index in [0.717, 1.165) is 17.3 Å². The molecular weight excluding hydrogens is 290 g/mol. The highest BCUT2D eigenvalue weighted by Crippen LogP contribution is 2.21. The second kappa shape index (κ2) is 6.99. The number of carbonyl (C=O) groups excluding carboxylic acids is 1. The molecule has 2 rings (SSSR count). The van der Waals surface area contributed by atoms with Crippen molar-refractivity contribution in [3.63, 3.8) is 0 Å². The Bertz CT molecular complexity index is 624. The van der Waals surface area contributed by atoms with Crippen LogP contribution in [0, 0.1) is 0 Å². The molecule has 0 saturated heterocycles. The smallest absolute Gasteiger partial charge is 0.371 e. The third-order valence-corrected chi connectivity index (χ3v) is 3.73. The van der Waals surface area contributed by atoms with Gasteiger partial charge in [-0.2, -0.15) is 0 Å². The predicted molar refractivity (Wildman–Crippen MR) is 79.4 cm³/mol. The molecule has 0 bridgehead atoms. The van der Waals surface area contributed by atoms with Crippen molar-refractivity contribution in [2.24, 2.45) is 0 Å². The van der Waals surface area contributed by atoms with Gasteiger partial charge < -0.3 is 14.8 Å². The average Bonchev–Trinajstić information content (AvgIpc) is 2.95. The van der Waals surface area contributed by atoms with Crippen LogP contribution in [0.1, 0.15) is 29.1 Å². The minimum Gasteiger partial charge on any atom is -0.475 e. The lowest BCUT2D eigenvalue weighted by atomic mass is 10.1. The Morgan fingerprint density at radius 2 is 1.95 bits per heavy atom. The molecule has 1 amide bonds. The lowest BCUT2D eigenvalue weighted by Crippen LogP contribution is -2.28. The van der Waals surface area contributed by atoms with Crippen LogP contribution in [-0.4, -0.2) is 22.7 Å². The van der Waals surface area contributed by atoms with Crippen molar-refractivity contribution >= 4 is 23.6 Å². The first-order valence-electron chi connectivity index (χ1n) is 6.36. The monoisotopic (exact) mass is 305 g/mol. The quantitative estimate of drug-likeness (QED) is 0.802. The summed E-state index contributed by atoms with van der Waals surface area (Å²) >= 11 is 1.16. The molecule has 2 N–H and O–H groups in total. The van der Waals surface area contributed by atoms with Crippen LogP contribution in [0.2, 0.25) is 0 Å². The zero-order valence-electron chi connectivity index (χ0n) is 11.4. The topological polar surface area (TPSA) is 79.5 Å². The van der Waals surface area contributed by atoms with Crippen molar-refractivity contribution < 1.29 is 19.1 Å². The van der Waals surface area contributed by atoms with Crippen molar-refractivity contribution in [3.05, 3.63) is 53.8 Å². The molecular formula is C15H15NO4S.